The van der Waals surface area contributed by atoms with E-state index < -0.39 is 41.3 Å². The molecule has 9 heteroatoms. The molecule has 0 aromatic rings. The van der Waals surface area contributed by atoms with Gasteiger partial charge < -0.3 is 0 Å². The Morgan fingerprint density at radius 2 is 1.38 bits per heavy atom. The zero-order valence-electron chi connectivity index (χ0n) is 6.98. The molecule has 0 aromatic carbocycles. The van der Waals surface area contributed by atoms with Crippen LogP contribution in [0.25, 0.3) is 0 Å². The molecule has 2 unspecified atom stereocenters. The molecule has 0 radical (unpaired) electrons. The Morgan fingerprint density at radius 3 is 1.75 bits per heavy atom. The van der Waals surface area contributed by atoms with E-state index in [4.69, 9.17) is 0 Å². The highest BCUT2D eigenvalue weighted by Crippen LogP contribution is 2.52. The lowest BCUT2D eigenvalue weighted by Gasteiger charge is -2.31. The van der Waals surface area contributed by atoms with Gasteiger partial charge in [0.25, 0.3) is 5.67 Å². The van der Waals surface area contributed by atoms with Gasteiger partial charge in [-0.3, -0.25) is 0 Å². The van der Waals surface area contributed by atoms with E-state index in [1.54, 1.807) is 0 Å². The second-order valence-electron chi connectivity index (χ2n) is 2.86. The number of halogens is 9. The van der Waals surface area contributed by atoms with Crippen LogP contribution in [0.15, 0.2) is 23.3 Å². The Balaban J connectivity index is 3.48. The largest absolute Gasteiger partial charge is 0.432 e. The zero-order chi connectivity index (χ0) is 12.9. The van der Waals surface area contributed by atoms with Gasteiger partial charge in [-0.05, 0) is 0 Å². The molecule has 1 rings (SSSR count). The number of alkyl halides is 5. The van der Waals surface area contributed by atoms with E-state index in [9.17, 15) is 39.5 Å². The van der Waals surface area contributed by atoms with Gasteiger partial charge in [-0.15, -0.1) is 0 Å². The highest BCUT2D eigenvalue weighted by Gasteiger charge is 2.69. The van der Waals surface area contributed by atoms with Crippen molar-refractivity contribution in [1.29, 1.82) is 0 Å². The lowest BCUT2D eigenvalue weighted by atomic mass is 9.91. The number of hydrogen-bond acceptors (Lipinski definition) is 0. The lowest BCUT2D eigenvalue weighted by Crippen LogP contribution is -2.51. The molecule has 0 nitrogen and oxygen atoms in total. The first-order chi connectivity index (χ1) is 7.05. The third-order valence-corrected chi connectivity index (χ3v) is 1.90. The van der Waals surface area contributed by atoms with Crippen LogP contribution < -0.4 is 0 Å². The predicted molar refractivity (Wildman–Crippen MR) is 33.3 cm³/mol. The number of hydrogen-bond donors (Lipinski definition) is 0. The molecule has 0 N–H and O–H groups in total. The maximum Gasteiger partial charge on any atom is 0.432 e. The summed E-state index contributed by atoms with van der Waals surface area (Å²) >= 11 is 0. The van der Waals surface area contributed by atoms with Crippen LogP contribution in [0.4, 0.5) is 39.5 Å². The SMILES string of the molecule is FC1=C(F)C(F)C(F)(C(F)(F)F)C(F)=C1F. The van der Waals surface area contributed by atoms with E-state index in [0.717, 1.165) is 0 Å². The Labute approximate surface area is 82.0 Å². The zero-order valence-corrected chi connectivity index (χ0v) is 6.98. The van der Waals surface area contributed by atoms with Gasteiger partial charge in [0, 0.05) is 0 Å². The average molecular weight is 256 g/mol. The van der Waals surface area contributed by atoms with Crippen LogP contribution in [0.1, 0.15) is 0 Å². The van der Waals surface area contributed by atoms with Crippen LogP contribution >= 0.6 is 0 Å². The molecule has 1 aliphatic rings. The van der Waals surface area contributed by atoms with Gasteiger partial charge in [-0.2, -0.15) is 13.2 Å². The minimum absolute atomic E-state index is 2.82. The van der Waals surface area contributed by atoms with Gasteiger partial charge >= 0.3 is 6.18 Å². The van der Waals surface area contributed by atoms with Gasteiger partial charge in [-0.1, -0.05) is 0 Å². The van der Waals surface area contributed by atoms with Crippen molar-refractivity contribution in [2.45, 2.75) is 18.0 Å². The van der Waals surface area contributed by atoms with Crippen LogP contribution in [0, 0.1) is 0 Å². The van der Waals surface area contributed by atoms with Crippen molar-refractivity contribution in [3.05, 3.63) is 23.3 Å². The van der Waals surface area contributed by atoms with E-state index in [-0.39, 0.29) is 0 Å². The van der Waals surface area contributed by atoms with Crippen molar-refractivity contribution >= 4 is 0 Å². The summed E-state index contributed by atoms with van der Waals surface area (Å²) in [5, 5.41) is 0. The molecular weight excluding hydrogens is 255 g/mol. The molecule has 92 valence electrons. The molecule has 0 bridgehead atoms. The van der Waals surface area contributed by atoms with Crippen LogP contribution in [0.5, 0.6) is 0 Å². The first kappa shape index (κ1) is 12.9. The van der Waals surface area contributed by atoms with E-state index >= 15 is 0 Å². The summed E-state index contributed by atoms with van der Waals surface area (Å²) < 4.78 is 111. The molecular formula is C7HF9. The van der Waals surface area contributed by atoms with Crippen molar-refractivity contribution in [2.75, 3.05) is 0 Å². The van der Waals surface area contributed by atoms with Crippen LogP contribution in [0.3, 0.4) is 0 Å². The number of allylic oxidation sites excluding steroid dienone is 4. The van der Waals surface area contributed by atoms with E-state index in [1.165, 1.54) is 0 Å². The fraction of sp³-hybridized carbons (Fsp3) is 0.429. The average Bonchev–Trinajstić information content (AvgIpc) is 2.19. The second-order valence-corrected chi connectivity index (χ2v) is 2.86. The van der Waals surface area contributed by atoms with Gasteiger partial charge in [0.15, 0.2) is 23.3 Å². The summed E-state index contributed by atoms with van der Waals surface area (Å²) in [5.41, 5.74) is -5.54. The molecule has 0 fully saturated rings. The van der Waals surface area contributed by atoms with Crippen molar-refractivity contribution in [2.24, 2.45) is 0 Å². The maximum absolute atomic E-state index is 12.9. The lowest BCUT2D eigenvalue weighted by molar-refractivity contribution is -0.240. The standard InChI is InChI=1S/C7HF9/c8-1-2(9)4(11)6(13,7(14,15)16)5(12)3(1)10/h4H. The van der Waals surface area contributed by atoms with Crippen molar-refractivity contribution in [3.63, 3.8) is 0 Å². The van der Waals surface area contributed by atoms with Crippen molar-refractivity contribution in [1.82, 2.24) is 0 Å². The molecule has 0 saturated heterocycles. The monoisotopic (exact) mass is 256 g/mol. The summed E-state index contributed by atoms with van der Waals surface area (Å²) in [6.45, 7) is 0. The molecule has 0 aromatic heterocycles. The predicted octanol–water partition coefficient (Wildman–Crippen LogP) is 3.91. The highest BCUT2D eigenvalue weighted by atomic mass is 19.4. The third-order valence-electron chi connectivity index (χ3n) is 1.90. The molecule has 0 saturated carbocycles. The molecule has 0 spiro atoms. The van der Waals surface area contributed by atoms with Crippen LogP contribution in [-0.2, 0) is 0 Å². The topological polar surface area (TPSA) is 0 Å². The first-order valence-corrected chi connectivity index (χ1v) is 3.56. The van der Waals surface area contributed by atoms with E-state index in [2.05, 4.69) is 0 Å². The summed E-state index contributed by atoms with van der Waals surface area (Å²) in [6, 6.07) is 0. The maximum atomic E-state index is 12.9. The molecule has 0 amide bonds. The minimum atomic E-state index is -6.26. The fourth-order valence-corrected chi connectivity index (χ4v) is 1.03. The normalized spacial score (nSPS) is 32.4. The molecule has 0 aliphatic heterocycles. The molecule has 16 heavy (non-hydrogen) atoms. The quantitative estimate of drug-likeness (QED) is 0.576. The highest BCUT2D eigenvalue weighted by molar-refractivity contribution is 5.40. The Kier molecular flexibility index (Phi) is 2.76. The smallest absolute Gasteiger partial charge is 0.235 e. The fourth-order valence-electron chi connectivity index (χ4n) is 1.03. The van der Waals surface area contributed by atoms with Gasteiger partial charge in [-0.25, -0.2) is 26.3 Å². The van der Waals surface area contributed by atoms with Crippen LogP contribution in [-0.4, -0.2) is 18.0 Å². The molecule has 0 heterocycles. The Bertz CT molecular complexity index is 376. The van der Waals surface area contributed by atoms with E-state index in [0.29, 0.717) is 0 Å². The Morgan fingerprint density at radius 1 is 0.938 bits per heavy atom. The molecule has 2 atom stereocenters. The van der Waals surface area contributed by atoms with Gasteiger partial charge in [0.05, 0.1) is 0 Å². The summed E-state index contributed by atoms with van der Waals surface area (Å²) in [6.07, 6.45) is -10.6. The third kappa shape index (κ3) is 1.40. The van der Waals surface area contributed by atoms with E-state index in [1.807, 2.05) is 0 Å². The number of rotatable bonds is 0. The Hall–Kier alpha value is -1.15. The summed E-state index contributed by atoms with van der Waals surface area (Å²) in [7, 11) is 0. The molecule has 1 aliphatic carbocycles. The minimum Gasteiger partial charge on any atom is -0.235 e. The first-order valence-electron chi connectivity index (χ1n) is 3.56. The summed E-state index contributed by atoms with van der Waals surface area (Å²) in [4.78, 5) is 0. The van der Waals surface area contributed by atoms with Gasteiger partial charge in [0.1, 0.15) is 0 Å². The van der Waals surface area contributed by atoms with Gasteiger partial charge in [0.2, 0.25) is 6.17 Å². The van der Waals surface area contributed by atoms with Crippen molar-refractivity contribution < 1.29 is 39.5 Å². The van der Waals surface area contributed by atoms with Crippen molar-refractivity contribution in [3.8, 4) is 0 Å². The van der Waals surface area contributed by atoms with Crippen LogP contribution in [0.2, 0.25) is 0 Å². The second kappa shape index (κ2) is 3.42. The summed E-state index contributed by atoms with van der Waals surface area (Å²) in [5.74, 6) is -12.2.